The summed E-state index contributed by atoms with van der Waals surface area (Å²) in [5.74, 6) is 2.55. The SMILES string of the molecule is Cc1sc2nc(CSCc3ccccc3)nc(Cl)c2c1C. The molecule has 3 rings (SSSR count). The molecule has 0 aliphatic rings. The van der Waals surface area contributed by atoms with Crippen molar-refractivity contribution in [1.29, 1.82) is 0 Å². The van der Waals surface area contributed by atoms with Gasteiger partial charge in [-0.3, -0.25) is 0 Å². The molecule has 0 saturated heterocycles. The van der Waals surface area contributed by atoms with Gasteiger partial charge in [-0.25, -0.2) is 9.97 Å². The Morgan fingerprint density at radius 1 is 1.10 bits per heavy atom. The Balaban J connectivity index is 1.76. The lowest BCUT2D eigenvalue weighted by molar-refractivity contribution is 1.07. The molecule has 2 heterocycles. The molecule has 0 aliphatic heterocycles. The zero-order valence-electron chi connectivity index (χ0n) is 11.9. The zero-order chi connectivity index (χ0) is 14.8. The molecule has 3 aromatic rings. The second-order valence-electron chi connectivity index (χ2n) is 4.87. The van der Waals surface area contributed by atoms with Crippen molar-refractivity contribution in [3.05, 3.63) is 57.3 Å². The lowest BCUT2D eigenvalue weighted by Crippen LogP contribution is -1.94. The van der Waals surface area contributed by atoms with Crippen LogP contribution < -0.4 is 0 Å². The third kappa shape index (κ3) is 3.23. The van der Waals surface area contributed by atoms with E-state index in [0.29, 0.717) is 5.15 Å². The fourth-order valence-corrected chi connectivity index (χ4v) is 4.42. The van der Waals surface area contributed by atoms with E-state index in [2.05, 4.69) is 48.1 Å². The van der Waals surface area contributed by atoms with Crippen LogP contribution in [0.25, 0.3) is 10.2 Å². The number of thiophene rings is 1. The average molecular weight is 335 g/mol. The van der Waals surface area contributed by atoms with Crippen molar-refractivity contribution in [2.24, 2.45) is 0 Å². The highest BCUT2D eigenvalue weighted by atomic mass is 35.5. The van der Waals surface area contributed by atoms with Crippen LogP contribution >= 0.6 is 34.7 Å². The monoisotopic (exact) mass is 334 g/mol. The van der Waals surface area contributed by atoms with E-state index in [1.54, 1.807) is 11.3 Å². The summed E-state index contributed by atoms with van der Waals surface area (Å²) in [7, 11) is 0. The minimum Gasteiger partial charge on any atom is -0.221 e. The molecular weight excluding hydrogens is 320 g/mol. The number of thioether (sulfide) groups is 1. The van der Waals surface area contributed by atoms with Crippen LogP contribution in [0.4, 0.5) is 0 Å². The quantitative estimate of drug-likeness (QED) is 0.598. The first-order valence-electron chi connectivity index (χ1n) is 6.69. The fraction of sp³-hybridized carbons (Fsp3) is 0.250. The molecule has 0 N–H and O–H groups in total. The summed E-state index contributed by atoms with van der Waals surface area (Å²) >= 11 is 9.82. The van der Waals surface area contributed by atoms with E-state index in [9.17, 15) is 0 Å². The predicted octanol–water partition coefficient (Wildman–Crippen LogP) is 5.39. The average Bonchev–Trinajstić information content (AvgIpc) is 2.75. The summed E-state index contributed by atoms with van der Waals surface area (Å²) in [5, 5.41) is 1.59. The molecule has 1 aromatic carbocycles. The standard InChI is InChI=1S/C16H15ClN2S2/c1-10-11(2)21-16-14(10)15(17)18-13(19-16)9-20-8-12-6-4-3-5-7-12/h3-7H,8-9H2,1-2H3. The van der Waals surface area contributed by atoms with Crippen LogP contribution in [0.2, 0.25) is 5.15 Å². The van der Waals surface area contributed by atoms with Crippen LogP contribution in [0.1, 0.15) is 21.8 Å². The van der Waals surface area contributed by atoms with Crippen molar-refractivity contribution in [3.63, 3.8) is 0 Å². The molecule has 21 heavy (non-hydrogen) atoms. The Morgan fingerprint density at radius 2 is 1.86 bits per heavy atom. The van der Waals surface area contributed by atoms with E-state index in [0.717, 1.165) is 27.5 Å². The Morgan fingerprint density at radius 3 is 2.62 bits per heavy atom. The second-order valence-corrected chi connectivity index (χ2v) is 7.42. The van der Waals surface area contributed by atoms with Crippen molar-refractivity contribution in [2.75, 3.05) is 0 Å². The van der Waals surface area contributed by atoms with Gasteiger partial charge in [-0.2, -0.15) is 0 Å². The van der Waals surface area contributed by atoms with Gasteiger partial charge < -0.3 is 0 Å². The van der Waals surface area contributed by atoms with Crippen molar-refractivity contribution in [1.82, 2.24) is 9.97 Å². The smallest absolute Gasteiger partial charge is 0.141 e. The van der Waals surface area contributed by atoms with Gasteiger partial charge in [0.25, 0.3) is 0 Å². The van der Waals surface area contributed by atoms with Gasteiger partial charge in [-0.05, 0) is 25.0 Å². The van der Waals surface area contributed by atoms with Gasteiger partial charge in [-0.15, -0.1) is 23.1 Å². The van der Waals surface area contributed by atoms with Gasteiger partial charge in [-0.1, -0.05) is 41.9 Å². The van der Waals surface area contributed by atoms with Crippen molar-refractivity contribution in [2.45, 2.75) is 25.4 Å². The van der Waals surface area contributed by atoms with Gasteiger partial charge in [0.15, 0.2) is 0 Å². The Bertz CT molecular complexity index is 769. The van der Waals surface area contributed by atoms with Crippen LogP contribution in [0.5, 0.6) is 0 Å². The van der Waals surface area contributed by atoms with E-state index < -0.39 is 0 Å². The maximum atomic E-state index is 6.32. The number of aryl methyl sites for hydroxylation is 2. The normalized spacial score (nSPS) is 11.2. The van der Waals surface area contributed by atoms with E-state index in [-0.39, 0.29) is 0 Å². The number of hydrogen-bond donors (Lipinski definition) is 0. The number of halogens is 1. The molecule has 0 amide bonds. The predicted molar refractivity (Wildman–Crippen MR) is 93.3 cm³/mol. The summed E-state index contributed by atoms with van der Waals surface area (Å²) in [4.78, 5) is 11.4. The zero-order valence-corrected chi connectivity index (χ0v) is 14.3. The topological polar surface area (TPSA) is 25.8 Å². The molecule has 0 saturated carbocycles. The van der Waals surface area contributed by atoms with Crippen LogP contribution in [-0.2, 0) is 11.5 Å². The van der Waals surface area contributed by atoms with Crippen molar-refractivity contribution < 1.29 is 0 Å². The molecule has 2 nitrogen and oxygen atoms in total. The molecule has 0 bridgehead atoms. The molecule has 0 fully saturated rings. The fourth-order valence-electron chi connectivity index (χ4n) is 2.14. The molecular formula is C16H15ClN2S2. The number of aromatic nitrogens is 2. The molecule has 108 valence electrons. The van der Waals surface area contributed by atoms with Gasteiger partial charge in [0.05, 0.1) is 11.1 Å². The van der Waals surface area contributed by atoms with E-state index >= 15 is 0 Å². The maximum absolute atomic E-state index is 6.32. The highest BCUT2D eigenvalue weighted by Gasteiger charge is 2.13. The summed E-state index contributed by atoms with van der Waals surface area (Å²) in [6.07, 6.45) is 0. The lowest BCUT2D eigenvalue weighted by Gasteiger charge is -2.03. The molecule has 0 radical (unpaired) electrons. The number of benzene rings is 1. The molecule has 0 aliphatic carbocycles. The van der Waals surface area contributed by atoms with Gasteiger partial charge in [0.1, 0.15) is 15.8 Å². The van der Waals surface area contributed by atoms with Crippen LogP contribution in [0.3, 0.4) is 0 Å². The summed E-state index contributed by atoms with van der Waals surface area (Å²) in [6.45, 7) is 4.18. The number of nitrogens with zero attached hydrogens (tertiary/aromatic N) is 2. The minimum atomic E-state index is 0.581. The summed E-state index contributed by atoms with van der Waals surface area (Å²) in [6, 6.07) is 10.4. The lowest BCUT2D eigenvalue weighted by atomic mass is 10.2. The number of rotatable bonds is 4. The number of fused-ring (bicyclic) bond motifs is 1. The van der Waals surface area contributed by atoms with Gasteiger partial charge in [0.2, 0.25) is 0 Å². The molecule has 5 heteroatoms. The number of hydrogen-bond acceptors (Lipinski definition) is 4. The molecule has 0 atom stereocenters. The van der Waals surface area contributed by atoms with E-state index in [1.807, 2.05) is 17.8 Å². The van der Waals surface area contributed by atoms with Crippen molar-refractivity contribution in [3.8, 4) is 0 Å². The van der Waals surface area contributed by atoms with Crippen molar-refractivity contribution >= 4 is 44.9 Å². The first kappa shape index (κ1) is 14.8. The van der Waals surface area contributed by atoms with Crippen LogP contribution in [0, 0.1) is 13.8 Å². The minimum absolute atomic E-state index is 0.581. The third-order valence-corrected chi connectivity index (χ3v) is 5.75. The Labute approximate surface area is 137 Å². The van der Waals surface area contributed by atoms with Crippen LogP contribution in [-0.4, -0.2) is 9.97 Å². The highest BCUT2D eigenvalue weighted by Crippen LogP contribution is 2.33. The van der Waals surface area contributed by atoms with Gasteiger partial charge in [0, 0.05) is 10.6 Å². The van der Waals surface area contributed by atoms with Gasteiger partial charge >= 0.3 is 0 Å². The van der Waals surface area contributed by atoms with Crippen LogP contribution in [0.15, 0.2) is 30.3 Å². The first-order chi connectivity index (χ1) is 10.1. The molecule has 0 unspecified atom stereocenters. The third-order valence-electron chi connectivity index (χ3n) is 3.37. The molecule has 2 aromatic heterocycles. The summed E-state index contributed by atoms with van der Waals surface area (Å²) < 4.78 is 0. The first-order valence-corrected chi connectivity index (χ1v) is 9.04. The largest absolute Gasteiger partial charge is 0.221 e. The second kappa shape index (κ2) is 6.34. The Kier molecular flexibility index (Phi) is 4.48. The molecule has 0 spiro atoms. The summed E-state index contributed by atoms with van der Waals surface area (Å²) in [5.41, 5.74) is 2.51. The maximum Gasteiger partial charge on any atom is 0.141 e. The van der Waals surface area contributed by atoms with E-state index in [1.165, 1.54) is 16.0 Å². The highest BCUT2D eigenvalue weighted by molar-refractivity contribution is 7.97. The Hall–Kier alpha value is -1.10. The van der Waals surface area contributed by atoms with E-state index in [4.69, 9.17) is 11.6 Å².